The number of amides is 1. The zero-order valence-electron chi connectivity index (χ0n) is 12.1. The number of hydrogen-bond donors (Lipinski definition) is 1. The highest BCUT2D eigenvalue weighted by molar-refractivity contribution is 9.10. The second-order valence-corrected chi connectivity index (χ2v) is 5.38. The molecule has 2 rings (SSSR count). The Bertz CT molecular complexity index is 718. The number of ether oxygens (including phenoxy) is 1. The summed E-state index contributed by atoms with van der Waals surface area (Å²) in [6, 6.07) is 13.0. The molecule has 120 valence electrons. The molecule has 1 amide bonds. The van der Waals surface area contributed by atoms with Crippen LogP contribution in [0.4, 0.5) is 8.78 Å². The van der Waals surface area contributed by atoms with Crippen LogP contribution in [0.25, 0.3) is 0 Å². The van der Waals surface area contributed by atoms with Crippen molar-refractivity contribution in [1.29, 1.82) is 0 Å². The van der Waals surface area contributed by atoms with Crippen molar-refractivity contribution in [3.63, 3.8) is 0 Å². The smallest absolute Gasteiger partial charge is 0.387 e. The number of alkyl halides is 2. The molecule has 0 unspecified atom stereocenters. The van der Waals surface area contributed by atoms with Gasteiger partial charge < -0.3 is 4.74 Å². The number of hydrogen-bond acceptors (Lipinski definition) is 3. The summed E-state index contributed by atoms with van der Waals surface area (Å²) in [5.41, 5.74) is 4.13. The first-order valence-corrected chi connectivity index (χ1v) is 7.41. The van der Waals surface area contributed by atoms with Crippen LogP contribution in [0.3, 0.4) is 0 Å². The average Bonchev–Trinajstić information content (AvgIpc) is 2.53. The number of nitrogens with zero attached hydrogens (tertiary/aromatic N) is 1. The molecule has 0 heterocycles. The van der Waals surface area contributed by atoms with Gasteiger partial charge in [0.15, 0.2) is 0 Å². The van der Waals surface area contributed by atoms with Gasteiger partial charge in [0, 0.05) is 4.47 Å². The van der Waals surface area contributed by atoms with Crippen LogP contribution in [0.15, 0.2) is 58.1 Å². The number of rotatable bonds is 5. The SMILES string of the molecule is CC(=NNC(=O)c1ccccc1Br)c1ccc(OC(F)F)cc1. The van der Waals surface area contributed by atoms with Gasteiger partial charge >= 0.3 is 6.61 Å². The van der Waals surface area contributed by atoms with Crippen LogP contribution >= 0.6 is 15.9 Å². The highest BCUT2D eigenvalue weighted by atomic mass is 79.9. The number of halogens is 3. The molecule has 4 nitrogen and oxygen atoms in total. The van der Waals surface area contributed by atoms with E-state index in [0.717, 1.165) is 0 Å². The molecule has 7 heteroatoms. The summed E-state index contributed by atoms with van der Waals surface area (Å²) in [5.74, 6) is -0.289. The van der Waals surface area contributed by atoms with Gasteiger partial charge in [0.1, 0.15) is 5.75 Å². The van der Waals surface area contributed by atoms with E-state index in [1.807, 2.05) is 0 Å². The van der Waals surface area contributed by atoms with E-state index in [1.54, 1.807) is 43.3 Å². The molecule has 0 spiro atoms. The fourth-order valence-electron chi connectivity index (χ4n) is 1.78. The number of nitrogens with one attached hydrogen (secondary N) is 1. The van der Waals surface area contributed by atoms with Gasteiger partial charge in [0.25, 0.3) is 5.91 Å². The lowest BCUT2D eigenvalue weighted by Crippen LogP contribution is -2.19. The summed E-state index contributed by atoms with van der Waals surface area (Å²) < 4.78 is 29.1. The molecule has 0 saturated carbocycles. The van der Waals surface area contributed by atoms with E-state index in [9.17, 15) is 13.6 Å². The first-order chi connectivity index (χ1) is 11.0. The molecular formula is C16H13BrF2N2O2. The molecule has 0 aliphatic carbocycles. The Morgan fingerprint density at radius 1 is 1.17 bits per heavy atom. The number of carbonyl (C=O) groups is 1. The second-order valence-electron chi connectivity index (χ2n) is 4.52. The highest BCUT2D eigenvalue weighted by Crippen LogP contribution is 2.16. The minimum atomic E-state index is -2.86. The molecule has 0 aliphatic rings. The summed E-state index contributed by atoms with van der Waals surface area (Å²) >= 11 is 3.29. The van der Waals surface area contributed by atoms with Crippen LogP contribution < -0.4 is 10.2 Å². The zero-order chi connectivity index (χ0) is 16.8. The molecule has 0 atom stereocenters. The van der Waals surface area contributed by atoms with Crippen molar-refractivity contribution in [1.82, 2.24) is 5.43 Å². The Kier molecular flexibility index (Phi) is 5.81. The van der Waals surface area contributed by atoms with Crippen molar-refractivity contribution in [3.05, 3.63) is 64.1 Å². The van der Waals surface area contributed by atoms with E-state index < -0.39 is 6.61 Å². The summed E-state index contributed by atoms with van der Waals surface area (Å²) in [4.78, 5) is 12.0. The van der Waals surface area contributed by atoms with Gasteiger partial charge in [-0.25, -0.2) is 5.43 Å². The van der Waals surface area contributed by atoms with Gasteiger partial charge in [-0.2, -0.15) is 13.9 Å². The van der Waals surface area contributed by atoms with Crippen molar-refractivity contribution in [2.45, 2.75) is 13.5 Å². The lowest BCUT2D eigenvalue weighted by molar-refractivity contribution is -0.0498. The van der Waals surface area contributed by atoms with E-state index in [1.165, 1.54) is 12.1 Å². The fraction of sp³-hybridized carbons (Fsp3) is 0.125. The van der Waals surface area contributed by atoms with Crippen LogP contribution in [0.1, 0.15) is 22.8 Å². The lowest BCUT2D eigenvalue weighted by atomic mass is 10.1. The first kappa shape index (κ1) is 17.1. The maximum atomic E-state index is 12.1. The van der Waals surface area contributed by atoms with Crippen molar-refractivity contribution in [2.75, 3.05) is 0 Å². The number of benzene rings is 2. The molecule has 23 heavy (non-hydrogen) atoms. The standard InChI is InChI=1S/C16H13BrF2N2O2/c1-10(11-6-8-12(9-7-11)23-16(18)19)20-21-15(22)13-4-2-3-5-14(13)17/h2-9,16H,1H3,(H,21,22). The predicted molar refractivity (Wildman–Crippen MR) is 86.9 cm³/mol. The van der Waals surface area contributed by atoms with Crippen molar-refractivity contribution < 1.29 is 18.3 Å². The minimum absolute atomic E-state index is 0.0637. The monoisotopic (exact) mass is 382 g/mol. The van der Waals surface area contributed by atoms with E-state index in [4.69, 9.17) is 0 Å². The Morgan fingerprint density at radius 2 is 1.83 bits per heavy atom. The first-order valence-electron chi connectivity index (χ1n) is 6.62. The summed E-state index contributed by atoms with van der Waals surface area (Å²) in [7, 11) is 0. The molecule has 0 saturated heterocycles. The topological polar surface area (TPSA) is 50.7 Å². The fourth-order valence-corrected chi connectivity index (χ4v) is 2.25. The predicted octanol–water partition coefficient (Wildman–Crippen LogP) is 4.20. The maximum Gasteiger partial charge on any atom is 0.387 e. The number of hydrazone groups is 1. The maximum absolute atomic E-state index is 12.1. The van der Waals surface area contributed by atoms with E-state index in [2.05, 4.69) is 31.2 Å². The third-order valence-corrected chi connectivity index (χ3v) is 3.63. The van der Waals surface area contributed by atoms with Gasteiger partial charge in [-0.3, -0.25) is 4.79 Å². The lowest BCUT2D eigenvalue weighted by Gasteiger charge is -2.06. The van der Waals surface area contributed by atoms with Crippen molar-refractivity contribution >= 4 is 27.5 Å². The molecule has 0 aliphatic heterocycles. The van der Waals surface area contributed by atoms with Crippen molar-refractivity contribution in [3.8, 4) is 5.75 Å². The van der Waals surface area contributed by atoms with Crippen molar-refractivity contribution in [2.24, 2.45) is 5.10 Å². The van der Waals surface area contributed by atoms with Gasteiger partial charge in [-0.15, -0.1) is 0 Å². The van der Waals surface area contributed by atoms with E-state index in [-0.39, 0.29) is 11.7 Å². The molecule has 1 N–H and O–H groups in total. The summed E-state index contributed by atoms with van der Waals surface area (Å²) in [5, 5.41) is 4.01. The van der Waals surface area contributed by atoms with Gasteiger partial charge in [-0.05, 0) is 64.8 Å². The van der Waals surface area contributed by atoms with Crippen LogP contribution in [0.5, 0.6) is 5.75 Å². The Balaban J connectivity index is 2.05. The third kappa shape index (κ3) is 4.85. The highest BCUT2D eigenvalue weighted by Gasteiger charge is 2.09. The van der Waals surface area contributed by atoms with Crippen LogP contribution in [0.2, 0.25) is 0 Å². The molecule has 2 aromatic carbocycles. The van der Waals surface area contributed by atoms with Crippen LogP contribution in [0, 0.1) is 0 Å². The molecule has 0 fully saturated rings. The third-order valence-electron chi connectivity index (χ3n) is 2.94. The molecule has 0 radical (unpaired) electrons. The van der Waals surface area contributed by atoms with Gasteiger partial charge in [0.05, 0.1) is 11.3 Å². The summed E-state index contributed by atoms with van der Waals surface area (Å²) in [6.45, 7) is -1.16. The molecule has 2 aromatic rings. The average molecular weight is 383 g/mol. The van der Waals surface area contributed by atoms with E-state index >= 15 is 0 Å². The Labute approximate surface area is 140 Å². The van der Waals surface area contributed by atoms with Gasteiger partial charge in [-0.1, -0.05) is 12.1 Å². The van der Waals surface area contributed by atoms with Gasteiger partial charge in [0.2, 0.25) is 0 Å². The second kappa shape index (κ2) is 7.82. The largest absolute Gasteiger partial charge is 0.435 e. The van der Waals surface area contributed by atoms with E-state index in [0.29, 0.717) is 21.3 Å². The quantitative estimate of drug-likeness (QED) is 0.622. The Morgan fingerprint density at radius 3 is 2.43 bits per heavy atom. The molecule has 0 bridgehead atoms. The number of carbonyl (C=O) groups excluding carboxylic acids is 1. The normalized spacial score (nSPS) is 11.4. The van der Waals surface area contributed by atoms with Crippen LogP contribution in [-0.2, 0) is 0 Å². The zero-order valence-corrected chi connectivity index (χ0v) is 13.7. The minimum Gasteiger partial charge on any atom is -0.435 e. The van der Waals surface area contributed by atoms with Crippen LogP contribution in [-0.4, -0.2) is 18.2 Å². The molecular weight excluding hydrogens is 370 g/mol. The Hall–Kier alpha value is -2.28. The molecule has 0 aromatic heterocycles. The summed E-state index contributed by atoms with van der Waals surface area (Å²) in [6.07, 6.45) is 0.